The molecule has 1 aromatic heterocycles. The molecule has 1 heterocycles. The van der Waals surface area contributed by atoms with Crippen molar-refractivity contribution < 1.29 is 9.53 Å². The lowest BCUT2D eigenvalue weighted by atomic mass is 10.1. The predicted molar refractivity (Wildman–Crippen MR) is 77.3 cm³/mol. The fourth-order valence-corrected chi connectivity index (χ4v) is 2.58. The third-order valence-corrected chi connectivity index (χ3v) is 3.61. The monoisotopic (exact) mass is 297 g/mol. The van der Waals surface area contributed by atoms with Crippen LogP contribution >= 0.6 is 23.2 Å². The van der Waals surface area contributed by atoms with E-state index in [0.29, 0.717) is 22.9 Å². The minimum absolute atomic E-state index is 0.391. The average Bonchev–Trinajstić information content (AvgIpc) is 2.42. The minimum Gasteiger partial charge on any atom is -0.465 e. The highest BCUT2D eigenvalue weighted by atomic mass is 35.5. The van der Waals surface area contributed by atoms with Gasteiger partial charge in [-0.1, -0.05) is 11.6 Å². The Bertz CT molecular complexity index is 641. The Morgan fingerprint density at radius 1 is 1.42 bits per heavy atom. The molecule has 0 aliphatic rings. The fraction of sp³-hybridized carbons (Fsp3) is 0.286. The van der Waals surface area contributed by atoms with E-state index in [1.807, 2.05) is 6.92 Å². The SMILES string of the molecule is COC(=O)c1ccc2nc(C)c(CCCl)c(Cl)c2c1. The molecule has 0 amide bonds. The lowest BCUT2D eigenvalue weighted by Crippen LogP contribution is -2.02. The van der Waals surface area contributed by atoms with Crippen LogP contribution in [-0.2, 0) is 11.2 Å². The van der Waals surface area contributed by atoms with E-state index < -0.39 is 5.97 Å². The number of esters is 1. The number of hydrogen-bond donors (Lipinski definition) is 0. The summed E-state index contributed by atoms with van der Waals surface area (Å²) in [7, 11) is 1.35. The molecule has 1 aromatic carbocycles. The normalized spacial score (nSPS) is 10.7. The molecule has 0 aliphatic heterocycles. The molecule has 0 N–H and O–H groups in total. The van der Waals surface area contributed by atoms with Crippen molar-refractivity contribution in [2.75, 3.05) is 13.0 Å². The van der Waals surface area contributed by atoms with E-state index in [4.69, 9.17) is 27.9 Å². The smallest absolute Gasteiger partial charge is 0.337 e. The Balaban J connectivity index is 2.66. The second kappa shape index (κ2) is 5.76. The first kappa shape index (κ1) is 14.1. The quantitative estimate of drug-likeness (QED) is 0.639. The summed E-state index contributed by atoms with van der Waals surface area (Å²) in [6.07, 6.45) is 0.650. The van der Waals surface area contributed by atoms with Crippen LogP contribution in [0.15, 0.2) is 18.2 Å². The molecule has 100 valence electrons. The van der Waals surface area contributed by atoms with Gasteiger partial charge in [-0.3, -0.25) is 4.98 Å². The molecular weight excluding hydrogens is 285 g/mol. The Morgan fingerprint density at radius 3 is 2.79 bits per heavy atom. The highest BCUT2D eigenvalue weighted by Gasteiger charge is 2.13. The molecule has 0 spiro atoms. The molecule has 3 nitrogen and oxygen atoms in total. The maximum absolute atomic E-state index is 11.5. The first-order valence-corrected chi connectivity index (χ1v) is 6.72. The molecular formula is C14H13Cl2NO2. The van der Waals surface area contributed by atoms with Crippen molar-refractivity contribution in [3.8, 4) is 0 Å². The Morgan fingerprint density at radius 2 is 2.16 bits per heavy atom. The second-order valence-electron chi connectivity index (χ2n) is 4.15. The van der Waals surface area contributed by atoms with E-state index in [-0.39, 0.29) is 0 Å². The first-order chi connectivity index (χ1) is 9.08. The zero-order chi connectivity index (χ0) is 14.0. The van der Waals surface area contributed by atoms with Crippen LogP contribution in [0.2, 0.25) is 5.02 Å². The van der Waals surface area contributed by atoms with Crippen LogP contribution in [0.3, 0.4) is 0 Å². The van der Waals surface area contributed by atoms with Crippen molar-refractivity contribution in [1.82, 2.24) is 4.98 Å². The number of aromatic nitrogens is 1. The third kappa shape index (κ3) is 2.67. The molecule has 0 fully saturated rings. The van der Waals surface area contributed by atoms with Crippen LogP contribution in [0, 0.1) is 6.92 Å². The number of methoxy groups -OCH3 is 1. The Kier molecular flexibility index (Phi) is 4.27. The summed E-state index contributed by atoms with van der Waals surface area (Å²) in [5.41, 5.74) is 3.00. The molecule has 5 heteroatoms. The Hall–Kier alpha value is -1.32. The van der Waals surface area contributed by atoms with Crippen LogP contribution in [0.4, 0.5) is 0 Å². The molecule has 19 heavy (non-hydrogen) atoms. The van der Waals surface area contributed by atoms with Crippen molar-refractivity contribution in [2.45, 2.75) is 13.3 Å². The van der Waals surface area contributed by atoms with Crippen molar-refractivity contribution in [3.63, 3.8) is 0 Å². The van der Waals surface area contributed by atoms with Crippen LogP contribution in [0.5, 0.6) is 0 Å². The summed E-state index contributed by atoms with van der Waals surface area (Å²) < 4.78 is 4.70. The van der Waals surface area contributed by atoms with E-state index in [9.17, 15) is 4.79 Å². The number of rotatable bonds is 3. The summed E-state index contributed by atoms with van der Waals surface area (Å²) in [6, 6.07) is 5.15. The fourth-order valence-electron chi connectivity index (χ4n) is 2.01. The van der Waals surface area contributed by atoms with E-state index in [1.165, 1.54) is 7.11 Å². The van der Waals surface area contributed by atoms with E-state index in [2.05, 4.69) is 4.98 Å². The number of pyridine rings is 1. The number of ether oxygens (including phenoxy) is 1. The second-order valence-corrected chi connectivity index (χ2v) is 4.91. The van der Waals surface area contributed by atoms with Gasteiger partial charge in [0.1, 0.15) is 0 Å². The lowest BCUT2D eigenvalue weighted by Gasteiger charge is -2.10. The van der Waals surface area contributed by atoms with Gasteiger partial charge in [-0.05, 0) is 37.1 Å². The van der Waals surface area contributed by atoms with Crippen molar-refractivity contribution in [3.05, 3.63) is 40.0 Å². The molecule has 2 rings (SSSR count). The third-order valence-electron chi connectivity index (χ3n) is 2.99. The Labute approximate surface area is 121 Å². The summed E-state index contributed by atoms with van der Waals surface area (Å²) in [5, 5.41) is 1.35. The van der Waals surface area contributed by atoms with Crippen molar-refractivity contribution >= 4 is 40.1 Å². The summed E-state index contributed by atoms with van der Waals surface area (Å²) in [6.45, 7) is 1.90. The number of carbonyl (C=O) groups excluding carboxylic acids is 1. The summed E-state index contributed by atoms with van der Waals surface area (Å²) in [4.78, 5) is 16.0. The summed E-state index contributed by atoms with van der Waals surface area (Å²) >= 11 is 12.2. The molecule has 0 unspecified atom stereocenters. The van der Waals surface area contributed by atoms with Crippen LogP contribution in [0.25, 0.3) is 10.9 Å². The number of halogens is 2. The van der Waals surface area contributed by atoms with Gasteiger partial charge < -0.3 is 4.74 Å². The maximum atomic E-state index is 11.5. The predicted octanol–water partition coefficient (Wildman–Crippen LogP) is 3.76. The van der Waals surface area contributed by atoms with Crippen LogP contribution in [0.1, 0.15) is 21.6 Å². The van der Waals surface area contributed by atoms with Gasteiger partial charge in [0.2, 0.25) is 0 Å². The van der Waals surface area contributed by atoms with Gasteiger partial charge in [0.15, 0.2) is 0 Å². The first-order valence-electron chi connectivity index (χ1n) is 5.81. The molecule has 0 atom stereocenters. The average molecular weight is 298 g/mol. The highest BCUT2D eigenvalue weighted by molar-refractivity contribution is 6.36. The minimum atomic E-state index is -0.391. The standard InChI is InChI=1S/C14H13Cl2NO2/c1-8-10(5-6-15)13(16)11-7-9(14(18)19-2)3-4-12(11)17-8/h3-4,7H,5-6H2,1-2H3. The number of hydrogen-bond acceptors (Lipinski definition) is 3. The van der Waals surface area contributed by atoms with Crippen molar-refractivity contribution in [2.24, 2.45) is 0 Å². The van der Waals surface area contributed by atoms with E-state index in [0.717, 1.165) is 22.2 Å². The number of carbonyl (C=O) groups is 1. The number of fused-ring (bicyclic) bond motifs is 1. The number of aryl methyl sites for hydroxylation is 1. The number of benzene rings is 1. The zero-order valence-corrected chi connectivity index (χ0v) is 12.2. The largest absolute Gasteiger partial charge is 0.465 e. The van der Waals surface area contributed by atoms with Gasteiger partial charge >= 0.3 is 5.97 Å². The molecule has 0 radical (unpaired) electrons. The van der Waals surface area contributed by atoms with Gasteiger partial charge in [0, 0.05) is 17.0 Å². The molecule has 0 saturated heterocycles. The van der Waals surface area contributed by atoms with Crippen LogP contribution in [-0.4, -0.2) is 23.9 Å². The van der Waals surface area contributed by atoms with Gasteiger partial charge in [-0.2, -0.15) is 0 Å². The van der Waals surface area contributed by atoms with Gasteiger partial charge in [0.05, 0.1) is 23.2 Å². The zero-order valence-electron chi connectivity index (χ0n) is 10.7. The summed E-state index contributed by atoms with van der Waals surface area (Å²) in [5.74, 6) is 0.0854. The number of alkyl halides is 1. The highest BCUT2D eigenvalue weighted by Crippen LogP contribution is 2.29. The molecule has 0 aliphatic carbocycles. The van der Waals surface area contributed by atoms with E-state index >= 15 is 0 Å². The number of nitrogens with zero attached hydrogens (tertiary/aromatic N) is 1. The van der Waals surface area contributed by atoms with E-state index in [1.54, 1.807) is 18.2 Å². The maximum Gasteiger partial charge on any atom is 0.337 e. The van der Waals surface area contributed by atoms with Gasteiger partial charge in [-0.15, -0.1) is 11.6 Å². The molecule has 0 saturated carbocycles. The topological polar surface area (TPSA) is 39.2 Å². The van der Waals surface area contributed by atoms with Gasteiger partial charge in [0.25, 0.3) is 0 Å². The van der Waals surface area contributed by atoms with Crippen LogP contribution < -0.4 is 0 Å². The lowest BCUT2D eigenvalue weighted by molar-refractivity contribution is 0.0601. The molecule has 0 bridgehead atoms. The van der Waals surface area contributed by atoms with Crippen molar-refractivity contribution in [1.29, 1.82) is 0 Å². The molecule has 2 aromatic rings. The van der Waals surface area contributed by atoms with Gasteiger partial charge in [-0.25, -0.2) is 4.79 Å².